The lowest BCUT2D eigenvalue weighted by atomic mass is 9.86. The zero-order chi connectivity index (χ0) is 24.1. The first-order valence-corrected chi connectivity index (χ1v) is 12.0. The second kappa shape index (κ2) is 10.9. The molecule has 2 fully saturated rings. The molecule has 2 saturated carbocycles. The van der Waals surface area contributed by atoms with Crippen LogP contribution < -0.4 is 10.1 Å². The molecule has 2 aliphatic carbocycles. The number of aromatic nitrogens is 3. The van der Waals surface area contributed by atoms with Gasteiger partial charge in [-0.1, -0.05) is 17.7 Å². The number of methoxy groups -OCH3 is 1. The summed E-state index contributed by atoms with van der Waals surface area (Å²) in [7, 11) is 1.41. The summed E-state index contributed by atoms with van der Waals surface area (Å²) in [6.45, 7) is 7.08. The lowest BCUT2D eigenvalue weighted by molar-refractivity contribution is -0.146. The van der Waals surface area contributed by atoms with Crippen molar-refractivity contribution in [1.82, 2.24) is 20.1 Å². The minimum atomic E-state index is -0.224. The van der Waals surface area contributed by atoms with E-state index in [-0.39, 0.29) is 36.0 Å². The maximum Gasteiger partial charge on any atom is 0.308 e. The number of hydrogen-bond donors (Lipinski definition) is 1. The molecule has 0 atom stereocenters. The summed E-state index contributed by atoms with van der Waals surface area (Å²) in [4.78, 5) is 32.3. The van der Waals surface area contributed by atoms with Crippen LogP contribution in [0.2, 0.25) is 5.02 Å². The van der Waals surface area contributed by atoms with Gasteiger partial charge in [0.05, 0.1) is 36.8 Å². The van der Waals surface area contributed by atoms with Crippen LogP contribution in [0.15, 0.2) is 24.5 Å². The fraction of sp³-hybridized carbons (Fsp3) is 0.542. The van der Waals surface area contributed by atoms with E-state index in [2.05, 4.69) is 20.2 Å². The molecule has 180 valence electrons. The van der Waals surface area contributed by atoms with Crippen LogP contribution in [0.25, 0.3) is 4.85 Å². The first-order valence-electron chi connectivity index (χ1n) is 11.6. The second-order valence-corrected chi connectivity index (χ2v) is 9.25. The van der Waals surface area contributed by atoms with Crippen molar-refractivity contribution in [1.29, 1.82) is 0 Å². The number of amides is 1. The minimum Gasteiger partial charge on any atom is -0.490 e. The van der Waals surface area contributed by atoms with E-state index in [0.717, 1.165) is 38.5 Å². The largest absolute Gasteiger partial charge is 0.490 e. The van der Waals surface area contributed by atoms with Gasteiger partial charge in [-0.25, -0.2) is 14.5 Å². The summed E-state index contributed by atoms with van der Waals surface area (Å²) in [5.74, 6) is 0.493. The van der Waals surface area contributed by atoms with E-state index in [1.807, 2.05) is 0 Å². The van der Waals surface area contributed by atoms with Crippen LogP contribution in [-0.2, 0) is 9.53 Å². The van der Waals surface area contributed by atoms with E-state index in [9.17, 15) is 9.59 Å². The number of ether oxygens (including phenoxy) is 2. The van der Waals surface area contributed by atoms with Crippen molar-refractivity contribution in [3.63, 3.8) is 0 Å². The SMILES string of the molecule is [C-]#[N+]c1ccc(OC2CCC(NC(=O)c3ncnn3C3CCC(C(=O)OC)CC3)CC2)cc1Cl. The zero-order valence-corrected chi connectivity index (χ0v) is 19.8. The number of carbonyl (C=O) groups is 2. The number of benzene rings is 1. The standard InChI is InChI=1S/C24H28ClN5O4/c1-26-21-12-11-19(13-20(21)25)34-18-9-5-16(6-10-18)29-23(31)22-27-14-28-30(22)17-7-3-15(4-8-17)24(32)33-2/h11-18H,3-10H2,2H3,(H,29,31). The molecule has 2 aliphatic rings. The lowest BCUT2D eigenvalue weighted by Crippen LogP contribution is -2.41. The molecule has 10 heteroatoms. The molecular weight excluding hydrogens is 458 g/mol. The highest BCUT2D eigenvalue weighted by molar-refractivity contribution is 6.33. The van der Waals surface area contributed by atoms with E-state index < -0.39 is 0 Å². The molecule has 0 spiro atoms. The zero-order valence-electron chi connectivity index (χ0n) is 19.1. The summed E-state index contributed by atoms with van der Waals surface area (Å²) in [5, 5.41) is 7.79. The van der Waals surface area contributed by atoms with Crippen LogP contribution in [0, 0.1) is 12.5 Å². The van der Waals surface area contributed by atoms with Gasteiger partial charge in [0.25, 0.3) is 5.91 Å². The van der Waals surface area contributed by atoms with Gasteiger partial charge in [-0.2, -0.15) is 5.10 Å². The van der Waals surface area contributed by atoms with E-state index in [1.54, 1.807) is 22.9 Å². The topological polar surface area (TPSA) is 99.7 Å². The highest BCUT2D eigenvalue weighted by atomic mass is 35.5. The molecule has 1 N–H and O–H groups in total. The Bertz CT molecular complexity index is 1070. The average Bonchev–Trinajstić information content (AvgIpc) is 3.35. The first kappa shape index (κ1) is 24.0. The first-order chi connectivity index (χ1) is 16.5. The van der Waals surface area contributed by atoms with Crippen molar-refractivity contribution in [3.05, 3.63) is 46.8 Å². The van der Waals surface area contributed by atoms with Gasteiger partial charge in [0.2, 0.25) is 11.5 Å². The highest BCUT2D eigenvalue weighted by Crippen LogP contribution is 2.33. The van der Waals surface area contributed by atoms with Gasteiger partial charge in [-0.3, -0.25) is 9.59 Å². The van der Waals surface area contributed by atoms with Crippen LogP contribution >= 0.6 is 11.6 Å². The molecule has 1 aromatic carbocycles. The van der Waals surface area contributed by atoms with Gasteiger partial charge in [0.15, 0.2) is 0 Å². The fourth-order valence-electron chi connectivity index (χ4n) is 4.82. The van der Waals surface area contributed by atoms with Crippen molar-refractivity contribution in [2.75, 3.05) is 7.11 Å². The molecule has 1 heterocycles. The highest BCUT2D eigenvalue weighted by Gasteiger charge is 2.31. The van der Waals surface area contributed by atoms with E-state index in [1.165, 1.54) is 13.4 Å². The van der Waals surface area contributed by atoms with E-state index in [0.29, 0.717) is 35.1 Å². The Balaban J connectivity index is 1.27. The molecule has 0 radical (unpaired) electrons. The van der Waals surface area contributed by atoms with Crippen molar-refractivity contribution in [3.8, 4) is 5.75 Å². The number of halogens is 1. The van der Waals surface area contributed by atoms with Gasteiger partial charge in [-0.05, 0) is 63.5 Å². The monoisotopic (exact) mass is 485 g/mol. The summed E-state index contributed by atoms with van der Waals surface area (Å²) in [6, 6.07) is 5.19. The predicted octanol–water partition coefficient (Wildman–Crippen LogP) is 4.51. The molecule has 4 rings (SSSR count). The summed E-state index contributed by atoms with van der Waals surface area (Å²) in [6.07, 6.45) is 7.59. The Morgan fingerprint density at radius 1 is 1.15 bits per heavy atom. The van der Waals surface area contributed by atoms with E-state index >= 15 is 0 Å². The van der Waals surface area contributed by atoms with Gasteiger partial charge in [0.1, 0.15) is 12.1 Å². The number of nitrogens with zero attached hydrogens (tertiary/aromatic N) is 4. The number of rotatable bonds is 6. The Kier molecular flexibility index (Phi) is 7.68. The Morgan fingerprint density at radius 3 is 2.53 bits per heavy atom. The molecule has 0 aliphatic heterocycles. The summed E-state index contributed by atoms with van der Waals surface area (Å²) in [5.41, 5.74) is 0.407. The average molecular weight is 486 g/mol. The van der Waals surface area contributed by atoms with Crippen LogP contribution in [0.3, 0.4) is 0 Å². The lowest BCUT2D eigenvalue weighted by Gasteiger charge is -2.30. The minimum absolute atomic E-state index is 0.0386. The number of hydrogen-bond acceptors (Lipinski definition) is 6. The summed E-state index contributed by atoms with van der Waals surface area (Å²) < 4.78 is 12.6. The third kappa shape index (κ3) is 5.50. The van der Waals surface area contributed by atoms with Gasteiger partial charge in [-0.15, -0.1) is 0 Å². The second-order valence-electron chi connectivity index (χ2n) is 8.85. The Hall–Kier alpha value is -3.12. The van der Waals surface area contributed by atoms with Crippen molar-refractivity contribution < 1.29 is 19.1 Å². The molecule has 0 bridgehead atoms. The Morgan fingerprint density at radius 2 is 1.88 bits per heavy atom. The summed E-state index contributed by atoms with van der Waals surface area (Å²) >= 11 is 6.10. The number of esters is 1. The molecule has 0 unspecified atom stereocenters. The van der Waals surface area contributed by atoms with Crippen LogP contribution in [0.5, 0.6) is 5.75 Å². The molecule has 1 aromatic heterocycles. The van der Waals surface area contributed by atoms with Gasteiger partial charge in [0, 0.05) is 6.04 Å². The molecule has 34 heavy (non-hydrogen) atoms. The maximum absolute atomic E-state index is 12.9. The van der Waals surface area contributed by atoms with Crippen molar-refractivity contribution in [2.45, 2.75) is 69.6 Å². The maximum atomic E-state index is 12.9. The number of nitrogens with one attached hydrogen (secondary N) is 1. The Labute approximate surface area is 203 Å². The molecule has 2 aromatic rings. The normalized spacial score (nSPS) is 24.6. The van der Waals surface area contributed by atoms with Crippen molar-refractivity contribution >= 4 is 29.2 Å². The van der Waals surface area contributed by atoms with Gasteiger partial charge < -0.3 is 14.8 Å². The quantitative estimate of drug-likeness (QED) is 0.477. The third-order valence-corrected chi connectivity index (χ3v) is 7.01. The predicted molar refractivity (Wildman–Crippen MR) is 125 cm³/mol. The van der Waals surface area contributed by atoms with Crippen molar-refractivity contribution in [2.24, 2.45) is 5.92 Å². The molecular formula is C24H28ClN5O4. The molecule has 9 nitrogen and oxygen atoms in total. The number of carbonyl (C=O) groups excluding carboxylic acids is 2. The van der Waals surface area contributed by atoms with E-state index in [4.69, 9.17) is 27.6 Å². The fourth-order valence-corrected chi connectivity index (χ4v) is 5.03. The third-order valence-electron chi connectivity index (χ3n) is 6.71. The van der Waals surface area contributed by atoms with Crippen LogP contribution in [0.4, 0.5) is 5.69 Å². The van der Waals surface area contributed by atoms with Gasteiger partial charge >= 0.3 is 5.97 Å². The van der Waals surface area contributed by atoms with Crippen LogP contribution in [0.1, 0.15) is 68.0 Å². The van der Waals surface area contributed by atoms with Crippen LogP contribution in [-0.4, -0.2) is 45.9 Å². The smallest absolute Gasteiger partial charge is 0.308 e. The molecule has 1 amide bonds. The molecule has 0 saturated heterocycles.